The second-order valence-electron chi connectivity index (χ2n) is 2.81. The van der Waals surface area contributed by atoms with Crippen molar-refractivity contribution >= 4 is 54.7 Å². The van der Waals surface area contributed by atoms with E-state index in [-0.39, 0.29) is 62.9 Å². The van der Waals surface area contributed by atoms with Crippen LogP contribution >= 0.6 is 0 Å². The van der Waals surface area contributed by atoms with Gasteiger partial charge in [0.1, 0.15) is 5.78 Å². The Morgan fingerprint density at radius 2 is 1.50 bits per heavy atom. The van der Waals surface area contributed by atoms with Gasteiger partial charge in [-0.05, 0) is 6.92 Å². The Balaban J connectivity index is -0.0000000600. The summed E-state index contributed by atoms with van der Waals surface area (Å²) in [6.45, 7) is 7.35. The van der Waals surface area contributed by atoms with Gasteiger partial charge in [-0.25, -0.2) is 0 Å². The van der Waals surface area contributed by atoms with Crippen LogP contribution in [0.3, 0.4) is 0 Å². The van der Waals surface area contributed by atoms with E-state index in [1.165, 1.54) is 0 Å². The van der Waals surface area contributed by atoms with E-state index in [4.69, 9.17) is 0 Å². The Bertz CT molecular complexity index is 88.2. The van der Waals surface area contributed by atoms with Crippen LogP contribution in [0, 0.1) is 5.41 Å². The van der Waals surface area contributed by atoms with Gasteiger partial charge in [-0.3, -0.25) is 4.79 Å². The normalized spacial score (nSPS) is 10.0. The van der Waals surface area contributed by atoms with E-state index in [0.29, 0.717) is 0 Å². The first-order valence-electron chi connectivity index (χ1n) is 2.45. The second kappa shape index (κ2) is 4.12. The Labute approximate surface area is 94.3 Å². The van der Waals surface area contributed by atoms with Gasteiger partial charge < -0.3 is 2.85 Å². The van der Waals surface area contributed by atoms with Gasteiger partial charge in [0, 0.05) is 5.41 Å². The summed E-state index contributed by atoms with van der Waals surface area (Å²) in [4.78, 5) is 10.5. The molecule has 0 rings (SSSR count). The van der Waals surface area contributed by atoms with Gasteiger partial charge in [0.05, 0.1) is 0 Å². The summed E-state index contributed by atoms with van der Waals surface area (Å²) >= 11 is 0. The topological polar surface area (TPSA) is 17.1 Å². The zero-order valence-corrected chi connectivity index (χ0v) is 10.6. The van der Waals surface area contributed by atoms with E-state index >= 15 is 0 Å². The molecule has 0 aliphatic heterocycles. The fourth-order valence-corrected chi connectivity index (χ4v) is 0. The van der Waals surface area contributed by atoms with Crippen LogP contribution in [-0.4, -0.2) is 54.7 Å². The molecule has 0 atom stereocenters. The predicted octanol–water partition coefficient (Wildman–Crippen LogP) is 1.47. The molecule has 2 heteroatoms. The third-order valence-corrected chi connectivity index (χ3v) is 1.06. The monoisotopic (exact) mass is 240 g/mol. The second-order valence-corrected chi connectivity index (χ2v) is 2.81. The first-order valence-corrected chi connectivity index (χ1v) is 2.45. The molecule has 0 fully saturated rings. The smallest absolute Gasteiger partial charge is 1.00 e. The summed E-state index contributed by atoms with van der Waals surface area (Å²) in [5, 5.41) is 0. The zero-order valence-electron chi connectivity index (χ0n) is 8.12. The van der Waals surface area contributed by atoms with Crippen LogP contribution in [0.5, 0.6) is 0 Å². The summed E-state index contributed by atoms with van der Waals surface area (Å²) in [6, 6.07) is 0. The molecule has 0 amide bonds. The number of hydrogen-bond acceptors (Lipinski definition) is 1. The maximum absolute atomic E-state index is 10.5. The van der Waals surface area contributed by atoms with Gasteiger partial charge in [0.2, 0.25) is 0 Å². The van der Waals surface area contributed by atoms with Crippen LogP contribution in [0.25, 0.3) is 0 Å². The van der Waals surface area contributed by atoms with Crippen molar-refractivity contribution in [1.82, 2.24) is 0 Å². The number of Topliss-reactive ketones (excluding diaryl/α,β-unsaturated/α-hetero) is 1. The van der Waals surface area contributed by atoms with Gasteiger partial charge in [0.25, 0.3) is 0 Å². The van der Waals surface area contributed by atoms with Gasteiger partial charge >= 0.3 is 48.9 Å². The quantitative estimate of drug-likeness (QED) is 0.585. The maximum Gasteiger partial charge on any atom is 2.00 e. The number of ketones is 1. The SMILES string of the molecule is CC(=O)C(C)(C)C.[Ba+2].[H-].[H-]. The molecule has 0 heterocycles. The van der Waals surface area contributed by atoms with Crippen molar-refractivity contribution in [2.45, 2.75) is 27.7 Å². The van der Waals surface area contributed by atoms with E-state index < -0.39 is 0 Å². The number of carbonyl (C=O) groups excluding carboxylic acids is 1. The molecule has 0 radical (unpaired) electrons. The Kier molecular flexibility index (Phi) is 6.17. The van der Waals surface area contributed by atoms with Crippen molar-refractivity contribution in [3.63, 3.8) is 0 Å². The van der Waals surface area contributed by atoms with Crippen molar-refractivity contribution in [3.8, 4) is 0 Å². The number of hydrogen-bond donors (Lipinski definition) is 0. The number of carbonyl (C=O) groups is 1. The molecule has 0 saturated carbocycles. The summed E-state index contributed by atoms with van der Waals surface area (Å²) in [7, 11) is 0. The van der Waals surface area contributed by atoms with Crippen molar-refractivity contribution in [1.29, 1.82) is 0 Å². The van der Waals surface area contributed by atoms with Crippen LogP contribution in [0.4, 0.5) is 0 Å². The third-order valence-electron chi connectivity index (χ3n) is 1.06. The first-order chi connectivity index (χ1) is 2.94. The molecule has 0 aliphatic carbocycles. The molecule has 0 spiro atoms. The molecular weight excluding hydrogens is 225 g/mol. The van der Waals surface area contributed by atoms with Gasteiger partial charge in [-0.1, -0.05) is 20.8 Å². The van der Waals surface area contributed by atoms with E-state index in [0.717, 1.165) is 0 Å². The first kappa shape index (κ1) is 12.0. The zero-order chi connectivity index (χ0) is 6.08. The molecule has 8 heavy (non-hydrogen) atoms. The molecule has 0 aromatic heterocycles. The Hall–Kier alpha value is 1.24. The molecule has 0 bridgehead atoms. The van der Waals surface area contributed by atoms with Crippen molar-refractivity contribution in [2.24, 2.45) is 5.41 Å². The van der Waals surface area contributed by atoms with Crippen LogP contribution in [0.2, 0.25) is 0 Å². The molecule has 0 aromatic rings. The minimum absolute atomic E-state index is 0. The molecule has 0 saturated heterocycles. The molecular formula is C6H14BaO. The summed E-state index contributed by atoms with van der Waals surface area (Å²) in [6.07, 6.45) is 0. The van der Waals surface area contributed by atoms with E-state index in [9.17, 15) is 4.79 Å². The average molecular weight is 240 g/mol. The molecule has 46 valence electrons. The summed E-state index contributed by atoms with van der Waals surface area (Å²) in [5.74, 6) is 0.243. The summed E-state index contributed by atoms with van der Waals surface area (Å²) < 4.78 is 0. The fraction of sp³-hybridized carbons (Fsp3) is 0.833. The van der Waals surface area contributed by atoms with E-state index in [1.807, 2.05) is 20.8 Å². The van der Waals surface area contributed by atoms with E-state index in [1.54, 1.807) is 6.92 Å². The fourth-order valence-electron chi connectivity index (χ4n) is 0. The average Bonchev–Trinajstić information content (AvgIpc) is 1.31. The Morgan fingerprint density at radius 1 is 1.38 bits per heavy atom. The minimum atomic E-state index is -0.139. The minimum Gasteiger partial charge on any atom is -1.00 e. The summed E-state index contributed by atoms with van der Waals surface area (Å²) in [5.41, 5.74) is -0.139. The van der Waals surface area contributed by atoms with Crippen LogP contribution in [0.15, 0.2) is 0 Å². The standard InChI is InChI=1S/C6H12O.Ba.2H/c1-5(7)6(2,3)4;;;/h1-4H3;;;/q;+2;2*-1. The third kappa shape index (κ3) is 5.38. The van der Waals surface area contributed by atoms with Gasteiger partial charge in [0.15, 0.2) is 0 Å². The van der Waals surface area contributed by atoms with Crippen LogP contribution in [-0.2, 0) is 4.79 Å². The Morgan fingerprint density at radius 3 is 1.50 bits per heavy atom. The molecule has 0 N–H and O–H groups in total. The van der Waals surface area contributed by atoms with Crippen LogP contribution < -0.4 is 0 Å². The van der Waals surface area contributed by atoms with Crippen molar-refractivity contribution < 1.29 is 7.65 Å². The number of rotatable bonds is 0. The van der Waals surface area contributed by atoms with Crippen molar-refractivity contribution in [2.75, 3.05) is 0 Å². The molecule has 0 unspecified atom stereocenters. The van der Waals surface area contributed by atoms with Gasteiger partial charge in [-0.15, -0.1) is 0 Å². The van der Waals surface area contributed by atoms with Gasteiger partial charge in [-0.2, -0.15) is 0 Å². The maximum atomic E-state index is 10.5. The van der Waals surface area contributed by atoms with Crippen LogP contribution in [0.1, 0.15) is 30.5 Å². The van der Waals surface area contributed by atoms with Crippen molar-refractivity contribution in [3.05, 3.63) is 0 Å². The molecule has 0 aromatic carbocycles. The molecule has 0 aliphatic rings. The largest absolute Gasteiger partial charge is 2.00 e. The van der Waals surface area contributed by atoms with E-state index in [2.05, 4.69) is 0 Å². The molecule has 1 nitrogen and oxygen atoms in total. The predicted molar refractivity (Wildman–Crippen MR) is 38.1 cm³/mol.